The van der Waals surface area contributed by atoms with E-state index in [1.165, 1.54) is 18.2 Å². The van der Waals surface area contributed by atoms with E-state index >= 15 is 0 Å². The lowest BCUT2D eigenvalue weighted by Crippen LogP contribution is -2.20. The highest BCUT2D eigenvalue weighted by molar-refractivity contribution is 5.78. The quantitative estimate of drug-likeness (QED) is 0.527. The summed E-state index contributed by atoms with van der Waals surface area (Å²) in [5.41, 5.74) is -0.0627. The summed E-state index contributed by atoms with van der Waals surface area (Å²) in [6, 6.07) is 11.2. The van der Waals surface area contributed by atoms with Gasteiger partial charge in [0.25, 0.3) is 0 Å². The van der Waals surface area contributed by atoms with Crippen LogP contribution in [-0.4, -0.2) is 16.1 Å². The SMILES string of the molecule is CC(Cc1cccc(C(F)(F)F)c1)C(=O)Oc1ccccc1-c1noc(=O)[nH]1. The Morgan fingerprint density at radius 1 is 1.21 bits per heavy atom. The molecule has 0 spiro atoms. The second-order valence-electron chi connectivity index (χ2n) is 6.16. The van der Waals surface area contributed by atoms with E-state index in [1.807, 2.05) is 0 Å². The smallest absolute Gasteiger partial charge is 0.426 e. The van der Waals surface area contributed by atoms with Gasteiger partial charge in [-0.25, -0.2) is 4.79 Å². The molecule has 1 heterocycles. The van der Waals surface area contributed by atoms with Crippen molar-refractivity contribution in [2.24, 2.45) is 5.92 Å². The zero-order chi connectivity index (χ0) is 20.3. The number of esters is 1. The van der Waals surface area contributed by atoms with E-state index in [2.05, 4.69) is 14.7 Å². The van der Waals surface area contributed by atoms with Crippen molar-refractivity contribution in [3.05, 3.63) is 70.2 Å². The van der Waals surface area contributed by atoms with E-state index < -0.39 is 29.4 Å². The minimum atomic E-state index is -4.45. The van der Waals surface area contributed by atoms with Crippen molar-refractivity contribution in [3.63, 3.8) is 0 Å². The molecule has 0 radical (unpaired) electrons. The average Bonchev–Trinajstić information content (AvgIpc) is 3.08. The van der Waals surface area contributed by atoms with Crippen LogP contribution >= 0.6 is 0 Å². The Morgan fingerprint density at radius 3 is 2.64 bits per heavy atom. The van der Waals surface area contributed by atoms with Gasteiger partial charge in [0.15, 0.2) is 5.82 Å². The number of benzene rings is 2. The first-order chi connectivity index (χ1) is 13.2. The third-order valence-electron chi connectivity index (χ3n) is 3.99. The van der Waals surface area contributed by atoms with Crippen molar-refractivity contribution in [2.75, 3.05) is 0 Å². The lowest BCUT2D eigenvalue weighted by atomic mass is 9.99. The number of para-hydroxylation sites is 1. The number of aromatic nitrogens is 2. The van der Waals surface area contributed by atoms with E-state index in [1.54, 1.807) is 25.1 Å². The van der Waals surface area contributed by atoms with Gasteiger partial charge in [-0.05, 0) is 30.2 Å². The number of aromatic amines is 1. The van der Waals surface area contributed by atoms with E-state index in [9.17, 15) is 22.8 Å². The predicted octanol–water partition coefficient (Wildman–Crippen LogP) is 3.83. The largest absolute Gasteiger partial charge is 0.439 e. The van der Waals surface area contributed by atoms with E-state index in [4.69, 9.17) is 4.74 Å². The summed E-state index contributed by atoms with van der Waals surface area (Å²) in [4.78, 5) is 25.9. The van der Waals surface area contributed by atoms with Crippen LogP contribution in [0.2, 0.25) is 0 Å². The Labute approximate surface area is 156 Å². The predicted molar refractivity (Wildman–Crippen MR) is 92.5 cm³/mol. The summed E-state index contributed by atoms with van der Waals surface area (Å²) in [7, 11) is 0. The zero-order valence-electron chi connectivity index (χ0n) is 14.6. The number of nitrogens with zero attached hydrogens (tertiary/aromatic N) is 1. The fourth-order valence-corrected chi connectivity index (χ4v) is 2.62. The molecule has 0 aliphatic rings. The average molecular weight is 392 g/mol. The summed E-state index contributed by atoms with van der Waals surface area (Å²) in [5.74, 6) is -1.84. The van der Waals surface area contributed by atoms with Gasteiger partial charge in [0.1, 0.15) is 5.75 Å². The van der Waals surface area contributed by atoms with Crippen molar-refractivity contribution in [2.45, 2.75) is 19.5 Å². The van der Waals surface area contributed by atoms with Crippen LogP contribution in [0.3, 0.4) is 0 Å². The molecule has 1 N–H and O–H groups in total. The van der Waals surface area contributed by atoms with Crippen LogP contribution < -0.4 is 10.5 Å². The molecule has 0 saturated carbocycles. The molecular weight excluding hydrogens is 377 g/mol. The van der Waals surface area contributed by atoms with E-state index in [0.717, 1.165) is 12.1 Å². The molecular formula is C19H15F3N2O4. The second kappa shape index (κ2) is 7.71. The Bertz CT molecular complexity index is 1040. The molecule has 0 bridgehead atoms. The second-order valence-corrected chi connectivity index (χ2v) is 6.16. The fourth-order valence-electron chi connectivity index (χ4n) is 2.62. The number of alkyl halides is 3. The standard InChI is InChI=1S/C19H15F3N2O4/c1-11(9-12-5-4-6-13(10-12)19(20,21)22)17(25)27-15-8-3-2-7-14(15)16-23-18(26)28-24-16/h2-8,10-11H,9H2,1H3,(H,23,24,26). The van der Waals surface area contributed by atoms with Gasteiger partial charge in [0, 0.05) is 0 Å². The first-order valence-electron chi connectivity index (χ1n) is 8.27. The normalized spacial score (nSPS) is 12.6. The molecule has 0 aliphatic heterocycles. The molecule has 1 atom stereocenters. The molecule has 6 nitrogen and oxygen atoms in total. The van der Waals surface area contributed by atoms with Crippen molar-refractivity contribution in [3.8, 4) is 17.1 Å². The fraction of sp³-hybridized carbons (Fsp3) is 0.211. The van der Waals surface area contributed by atoms with E-state index in [0.29, 0.717) is 11.1 Å². The van der Waals surface area contributed by atoms with Crippen LogP contribution in [0.15, 0.2) is 57.8 Å². The monoisotopic (exact) mass is 392 g/mol. The lowest BCUT2D eigenvalue weighted by Gasteiger charge is -2.14. The number of carbonyl (C=O) groups excluding carboxylic acids is 1. The highest BCUT2D eigenvalue weighted by Crippen LogP contribution is 2.30. The third-order valence-corrected chi connectivity index (χ3v) is 3.99. The maximum absolute atomic E-state index is 12.8. The maximum Gasteiger partial charge on any atom is 0.439 e. The zero-order valence-corrected chi connectivity index (χ0v) is 14.6. The number of ether oxygens (including phenoxy) is 1. The Balaban J connectivity index is 1.75. The maximum atomic E-state index is 12.8. The first-order valence-corrected chi connectivity index (χ1v) is 8.27. The number of halogens is 3. The lowest BCUT2D eigenvalue weighted by molar-refractivity contribution is -0.138. The summed E-state index contributed by atoms with van der Waals surface area (Å²) < 4.78 is 48.3. The molecule has 3 aromatic rings. The molecule has 0 aliphatic carbocycles. The van der Waals surface area contributed by atoms with Crippen molar-refractivity contribution < 1.29 is 27.2 Å². The van der Waals surface area contributed by atoms with Crippen LogP contribution in [0.1, 0.15) is 18.1 Å². The van der Waals surface area contributed by atoms with Crippen molar-refractivity contribution in [1.29, 1.82) is 0 Å². The number of rotatable bonds is 5. The summed E-state index contributed by atoms with van der Waals surface area (Å²) in [5, 5.41) is 3.56. The highest BCUT2D eigenvalue weighted by atomic mass is 19.4. The van der Waals surface area contributed by atoms with Gasteiger partial charge in [-0.3, -0.25) is 14.3 Å². The van der Waals surface area contributed by atoms with Gasteiger partial charge in [0.2, 0.25) is 0 Å². The number of nitrogens with one attached hydrogen (secondary N) is 1. The molecule has 3 rings (SSSR count). The molecule has 2 aromatic carbocycles. The Hall–Kier alpha value is -3.36. The third kappa shape index (κ3) is 4.48. The van der Waals surface area contributed by atoms with E-state index in [-0.39, 0.29) is 18.0 Å². The minimum absolute atomic E-state index is 0.0751. The summed E-state index contributed by atoms with van der Waals surface area (Å²) in [6.45, 7) is 1.56. The van der Waals surface area contributed by atoms with Gasteiger partial charge in [0.05, 0.1) is 17.0 Å². The van der Waals surface area contributed by atoms with Crippen LogP contribution in [0.5, 0.6) is 5.75 Å². The molecule has 1 unspecified atom stereocenters. The summed E-state index contributed by atoms with van der Waals surface area (Å²) in [6.07, 6.45) is -4.38. The van der Waals surface area contributed by atoms with Crippen LogP contribution in [0, 0.1) is 5.92 Å². The van der Waals surface area contributed by atoms with Crippen molar-refractivity contribution in [1.82, 2.24) is 10.1 Å². The topological polar surface area (TPSA) is 85.2 Å². The molecule has 28 heavy (non-hydrogen) atoms. The number of hydrogen-bond acceptors (Lipinski definition) is 5. The molecule has 0 saturated heterocycles. The molecule has 0 amide bonds. The van der Waals surface area contributed by atoms with Gasteiger partial charge < -0.3 is 4.74 Å². The summed E-state index contributed by atoms with van der Waals surface area (Å²) >= 11 is 0. The van der Waals surface area contributed by atoms with Crippen molar-refractivity contribution >= 4 is 5.97 Å². The number of H-pyrrole nitrogens is 1. The van der Waals surface area contributed by atoms with Gasteiger partial charge >= 0.3 is 17.9 Å². The Morgan fingerprint density at radius 2 is 1.96 bits per heavy atom. The Kier molecular flexibility index (Phi) is 5.34. The van der Waals surface area contributed by atoms with Gasteiger partial charge in [-0.1, -0.05) is 42.4 Å². The highest BCUT2D eigenvalue weighted by Gasteiger charge is 2.30. The molecule has 1 aromatic heterocycles. The van der Waals surface area contributed by atoms with Crippen LogP contribution in [-0.2, 0) is 17.4 Å². The number of carbonyl (C=O) groups is 1. The molecule has 0 fully saturated rings. The minimum Gasteiger partial charge on any atom is -0.426 e. The van der Waals surface area contributed by atoms with Crippen LogP contribution in [0.4, 0.5) is 13.2 Å². The number of hydrogen-bond donors (Lipinski definition) is 1. The molecule has 9 heteroatoms. The molecule has 146 valence electrons. The van der Waals surface area contributed by atoms with Gasteiger partial charge in [-0.15, -0.1) is 0 Å². The first kappa shape index (κ1) is 19.4. The van der Waals surface area contributed by atoms with Gasteiger partial charge in [-0.2, -0.15) is 13.2 Å². The van der Waals surface area contributed by atoms with Crippen LogP contribution in [0.25, 0.3) is 11.4 Å².